The molecule has 0 amide bonds. The van der Waals surface area contributed by atoms with E-state index in [-0.39, 0.29) is 11.6 Å². The molecule has 0 fully saturated rings. The number of nitrogens with one attached hydrogen (secondary N) is 1. The molecule has 0 aliphatic rings. The van der Waals surface area contributed by atoms with E-state index in [1.807, 2.05) is 18.2 Å². The molecule has 2 aromatic rings. The van der Waals surface area contributed by atoms with Gasteiger partial charge in [0, 0.05) is 12.2 Å². The summed E-state index contributed by atoms with van der Waals surface area (Å²) >= 11 is 0. The van der Waals surface area contributed by atoms with Crippen molar-refractivity contribution < 1.29 is 9.90 Å². The van der Waals surface area contributed by atoms with Gasteiger partial charge in [-0.1, -0.05) is 30.3 Å². The minimum Gasteiger partial charge on any atom is -0.478 e. The number of nitrogens with zero attached hydrogens (tertiary/aromatic N) is 1. The number of anilines is 2. The Kier molecular flexibility index (Phi) is 4.77. The van der Waals surface area contributed by atoms with Gasteiger partial charge in [0.15, 0.2) is 0 Å². The molecule has 5 heteroatoms. The van der Waals surface area contributed by atoms with Gasteiger partial charge in [-0.2, -0.15) is 0 Å². The fraction of sp³-hybridized carbons (Fsp3) is 0.250. The van der Waals surface area contributed by atoms with Crippen molar-refractivity contribution >= 4 is 17.5 Å². The molecule has 1 heterocycles. The molecule has 1 unspecified atom stereocenters. The predicted molar refractivity (Wildman–Crippen MR) is 83.5 cm³/mol. The number of aromatic carboxylic acids is 1. The van der Waals surface area contributed by atoms with Crippen LogP contribution in [0, 0.1) is 0 Å². The maximum Gasteiger partial charge on any atom is 0.337 e. The van der Waals surface area contributed by atoms with E-state index in [2.05, 4.69) is 29.4 Å². The van der Waals surface area contributed by atoms with Gasteiger partial charge in [-0.05, 0) is 31.4 Å². The first-order valence-corrected chi connectivity index (χ1v) is 6.85. The Balaban J connectivity index is 1.93. The molecule has 21 heavy (non-hydrogen) atoms. The number of aryl methyl sites for hydroxylation is 1. The Morgan fingerprint density at radius 1 is 1.38 bits per heavy atom. The van der Waals surface area contributed by atoms with Crippen LogP contribution in [-0.2, 0) is 6.42 Å². The number of nitrogen functional groups attached to an aromatic ring is 1. The number of nitrogens with two attached hydrogens (primary N) is 1. The standard InChI is InChI=1S/C16H19N3O2/c1-11(7-8-12-5-3-2-4-6-12)19-15-14(17)9-13(10-18-15)16(20)21/h2-6,9-11H,7-8,17H2,1H3,(H,18,19)(H,20,21). The Hall–Kier alpha value is -2.56. The zero-order chi connectivity index (χ0) is 15.2. The van der Waals surface area contributed by atoms with Gasteiger partial charge in [0.05, 0.1) is 11.3 Å². The highest BCUT2D eigenvalue weighted by molar-refractivity contribution is 5.89. The lowest BCUT2D eigenvalue weighted by Gasteiger charge is -2.16. The molecular weight excluding hydrogens is 266 g/mol. The van der Waals surface area contributed by atoms with Crippen LogP contribution in [0.4, 0.5) is 11.5 Å². The van der Waals surface area contributed by atoms with Crippen LogP contribution < -0.4 is 11.1 Å². The van der Waals surface area contributed by atoms with Crippen LogP contribution in [0.15, 0.2) is 42.6 Å². The van der Waals surface area contributed by atoms with Gasteiger partial charge >= 0.3 is 5.97 Å². The molecule has 0 spiro atoms. The summed E-state index contributed by atoms with van der Waals surface area (Å²) < 4.78 is 0. The van der Waals surface area contributed by atoms with Crippen LogP contribution >= 0.6 is 0 Å². The van der Waals surface area contributed by atoms with Gasteiger partial charge in [0.2, 0.25) is 0 Å². The lowest BCUT2D eigenvalue weighted by molar-refractivity contribution is 0.0696. The van der Waals surface area contributed by atoms with Crippen molar-refractivity contribution in [1.29, 1.82) is 0 Å². The average molecular weight is 285 g/mol. The fourth-order valence-corrected chi connectivity index (χ4v) is 2.05. The third-order valence-corrected chi connectivity index (χ3v) is 3.26. The molecule has 0 aliphatic heterocycles. The molecule has 1 aromatic carbocycles. The van der Waals surface area contributed by atoms with E-state index >= 15 is 0 Å². The lowest BCUT2D eigenvalue weighted by Crippen LogP contribution is -2.18. The van der Waals surface area contributed by atoms with Crippen LogP contribution in [0.5, 0.6) is 0 Å². The van der Waals surface area contributed by atoms with E-state index in [1.165, 1.54) is 17.8 Å². The highest BCUT2D eigenvalue weighted by Crippen LogP contribution is 2.18. The second-order valence-corrected chi connectivity index (χ2v) is 5.04. The summed E-state index contributed by atoms with van der Waals surface area (Å²) in [5.41, 5.74) is 7.55. The molecule has 0 aliphatic carbocycles. The molecule has 4 N–H and O–H groups in total. The summed E-state index contributed by atoms with van der Waals surface area (Å²) in [7, 11) is 0. The number of hydrogen-bond acceptors (Lipinski definition) is 4. The largest absolute Gasteiger partial charge is 0.478 e. The topological polar surface area (TPSA) is 88.2 Å². The normalized spacial score (nSPS) is 11.9. The zero-order valence-corrected chi connectivity index (χ0v) is 11.9. The maximum absolute atomic E-state index is 10.8. The van der Waals surface area contributed by atoms with Gasteiger partial charge in [0.1, 0.15) is 5.82 Å². The summed E-state index contributed by atoms with van der Waals surface area (Å²) in [5.74, 6) is -0.501. The smallest absolute Gasteiger partial charge is 0.337 e. The lowest BCUT2D eigenvalue weighted by atomic mass is 10.1. The number of carbonyl (C=O) groups is 1. The molecule has 110 valence electrons. The molecule has 1 aromatic heterocycles. The Bertz CT molecular complexity index is 614. The number of carboxylic acid groups (broad SMARTS) is 1. The van der Waals surface area contributed by atoms with Gasteiger partial charge in [-0.25, -0.2) is 9.78 Å². The number of hydrogen-bond donors (Lipinski definition) is 3. The van der Waals surface area contributed by atoms with Crippen LogP contribution in [0.3, 0.4) is 0 Å². The fourth-order valence-electron chi connectivity index (χ4n) is 2.05. The number of benzene rings is 1. The molecule has 0 saturated carbocycles. The van der Waals surface area contributed by atoms with Crippen molar-refractivity contribution in [3.05, 3.63) is 53.7 Å². The second kappa shape index (κ2) is 6.74. The summed E-state index contributed by atoms with van der Waals surface area (Å²) in [6.45, 7) is 2.05. The van der Waals surface area contributed by atoms with E-state index in [4.69, 9.17) is 10.8 Å². The van der Waals surface area contributed by atoms with E-state index < -0.39 is 5.97 Å². The van der Waals surface area contributed by atoms with Crippen molar-refractivity contribution in [2.45, 2.75) is 25.8 Å². The van der Waals surface area contributed by atoms with Crippen LogP contribution in [0.1, 0.15) is 29.3 Å². The highest BCUT2D eigenvalue weighted by Gasteiger charge is 2.10. The number of pyridine rings is 1. The van der Waals surface area contributed by atoms with E-state index in [1.54, 1.807) is 0 Å². The Morgan fingerprint density at radius 2 is 2.10 bits per heavy atom. The van der Waals surface area contributed by atoms with E-state index in [0.717, 1.165) is 12.8 Å². The van der Waals surface area contributed by atoms with Crippen molar-refractivity contribution in [2.24, 2.45) is 0 Å². The van der Waals surface area contributed by atoms with Gasteiger partial charge < -0.3 is 16.2 Å². The monoisotopic (exact) mass is 285 g/mol. The molecule has 2 rings (SSSR count). The van der Waals surface area contributed by atoms with Gasteiger partial charge in [-0.15, -0.1) is 0 Å². The minimum atomic E-state index is -1.03. The average Bonchev–Trinajstić information content (AvgIpc) is 2.48. The van der Waals surface area contributed by atoms with Crippen molar-refractivity contribution in [2.75, 3.05) is 11.1 Å². The van der Waals surface area contributed by atoms with Crippen molar-refractivity contribution in [3.63, 3.8) is 0 Å². The minimum absolute atomic E-state index is 0.0926. The summed E-state index contributed by atoms with van der Waals surface area (Å²) in [6.07, 6.45) is 3.21. The summed E-state index contributed by atoms with van der Waals surface area (Å²) in [4.78, 5) is 14.9. The van der Waals surface area contributed by atoms with Crippen LogP contribution in [-0.4, -0.2) is 22.1 Å². The molecule has 5 nitrogen and oxygen atoms in total. The first-order chi connectivity index (χ1) is 10.1. The number of aromatic nitrogens is 1. The molecular formula is C16H19N3O2. The van der Waals surface area contributed by atoms with Crippen molar-refractivity contribution in [3.8, 4) is 0 Å². The second-order valence-electron chi connectivity index (χ2n) is 5.04. The number of rotatable bonds is 6. The summed E-state index contributed by atoms with van der Waals surface area (Å²) in [5, 5.41) is 12.1. The molecule has 0 bridgehead atoms. The first kappa shape index (κ1) is 14.8. The molecule has 0 saturated heterocycles. The third-order valence-electron chi connectivity index (χ3n) is 3.26. The summed E-state index contributed by atoms with van der Waals surface area (Å²) in [6, 6.07) is 11.9. The van der Waals surface area contributed by atoms with Crippen molar-refractivity contribution in [1.82, 2.24) is 4.98 Å². The zero-order valence-electron chi connectivity index (χ0n) is 11.9. The van der Waals surface area contributed by atoms with Gasteiger partial charge in [0.25, 0.3) is 0 Å². The van der Waals surface area contributed by atoms with E-state index in [0.29, 0.717) is 11.5 Å². The Labute approximate surface area is 123 Å². The molecule has 0 radical (unpaired) electrons. The Morgan fingerprint density at radius 3 is 2.71 bits per heavy atom. The van der Waals surface area contributed by atoms with Gasteiger partial charge in [-0.3, -0.25) is 0 Å². The first-order valence-electron chi connectivity index (χ1n) is 6.85. The third kappa shape index (κ3) is 4.21. The van der Waals surface area contributed by atoms with E-state index in [9.17, 15) is 4.79 Å². The quantitative estimate of drug-likeness (QED) is 0.759. The maximum atomic E-state index is 10.8. The number of carboxylic acids is 1. The SMILES string of the molecule is CC(CCc1ccccc1)Nc1ncc(C(=O)O)cc1N. The van der Waals surface area contributed by atoms with Crippen LogP contribution in [0.2, 0.25) is 0 Å². The van der Waals surface area contributed by atoms with Crippen LogP contribution in [0.25, 0.3) is 0 Å². The molecule has 1 atom stereocenters. The highest BCUT2D eigenvalue weighted by atomic mass is 16.4. The predicted octanol–water partition coefficient (Wildman–Crippen LogP) is 2.80.